The van der Waals surface area contributed by atoms with Crippen LogP contribution in [0.15, 0.2) is 66.7 Å². The van der Waals surface area contributed by atoms with Gasteiger partial charge in [0.2, 0.25) is 0 Å². The Labute approximate surface area is 232 Å². The Hall–Kier alpha value is -5.06. The Balaban J connectivity index is 1.68. The van der Waals surface area contributed by atoms with Crippen molar-refractivity contribution in [3.8, 4) is 17.2 Å². The summed E-state index contributed by atoms with van der Waals surface area (Å²) in [5.74, 6) is -1.13. The molecule has 0 saturated heterocycles. The average Bonchev–Trinajstić information content (AvgIpc) is 2.97. The number of carbonyl (C=O) groups is 4. The van der Waals surface area contributed by atoms with Crippen molar-refractivity contribution in [2.75, 3.05) is 26.6 Å². The fourth-order valence-corrected chi connectivity index (χ4v) is 3.73. The predicted molar refractivity (Wildman–Crippen MR) is 149 cm³/mol. The quantitative estimate of drug-likeness (QED) is 0.285. The summed E-state index contributed by atoms with van der Waals surface area (Å²) in [6.07, 6.45) is 0. The van der Waals surface area contributed by atoms with Crippen LogP contribution in [-0.2, 0) is 4.79 Å². The maximum absolute atomic E-state index is 13.2. The van der Waals surface area contributed by atoms with Gasteiger partial charge in [-0.3, -0.25) is 30.0 Å². The number of methoxy groups -OCH3 is 3. The van der Waals surface area contributed by atoms with E-state index in [9.17, 15) is 19.2 Å². The molecule has 0 saturated carbocycles. The lowest BCUT2D eigenvalue weighted by atomic mass is 10.0. The number of ether oxygens (including phenoxy) is 3. The zero-order valence-electron chi connectivity index (χ0n) is 22.9. The normalized spacial score (nSPS) is 11.2. The molecule has 3 aromatic carbocycles. The Bertz CT molecular complexity index is 1370. The van der Waals surface area contributed by atoms with Crippen molar-refractivity contribution < 1.29 is 33.4 Å². The molecule has 0 radical (unpaired) electrons. The highest BCUT2D eigenvalue weighted by molar-refractivity contribution is 6.09. The molecule has 40 heavy (non-hydrogen) atoms. The summed E-state index contributed by atoms with van der Waals surface area (Å²) < 4.78 is 15.5. The molecule has 0 aliphatic carbocycles. The number of para-hydroxylation sites is 1. The number of amides is 4. The summed E-state index contributed by atoms with van der Waals surface area (Å²) in [5, 5.41) is 5.43. The first-order valence-electron chi connectivity index (χ1n) is 12.4. The first-order chi connectivity index (χ1) is 19.2. The van der Waals surface area contributed by atoms with Gasteiger partial charge in [0.05, 0.1) is 32.6 Å². The zero-order valence-corrected chi connectivity index (χ0v) is 22.9. The largest absolute Gasteiger partial charge is 0.497 e. The van der Waals surface area contributed by atoms with Crippen molar-refractivity contribution in [3.05, 3.63) is 83.4 Å². The van der Waals surface area contributed by atoms with E-state index in [1.807, 2.05) is 0 Å². The van der Waals surface area contributed by atoms with Crippen LogP contribution < -0.4 is 35.7 Å². The second kappa shape index (κ2) is 13.7. The van der Waals surface area contributed by atoms with Gasteiger partial charge in [-0.05, 0) is 60.5 Å². The van der Waals surface area contributed by atoms with Crippen LogP contribution in [0.5, 0.6) is 17.2 Å². The van der Waals surface area contributed by atoms with Gasteiger partial charge in [-0.1, -0.05) is 26.0 Å². The SMILES string of the molecule is COc1ccc(C(=O)Nc2ccccc2C(=O)NC(C(=O)NNC(=O)c2ccc(OC)c(OC)c2)C(C)C)cc1. The average molecular weight is 549 g/mol. The molecule has 1 unspecified atom stereocenters. The molecule has 11 heteroatoms. The van der Waals surface area contributed by atoms with Gasteiger partial charge in [0.1, 0.15) is 11.8 Å². The van der Waals surface area contributed by atoms with E-state index in [1.54, 1.807) is 62.4 Å². The van der Waals surface area contributed by atoms with Crippen molar-refractivity contribution in [2.24, 2.45) is 5.92 Å². The molecule has 3 aromatic rings. The molecule has 4 N–H and O–H groups in total. The number of nitrogens with one attached hydrogen (secondary N) is 4. The number of rotatable bonds is 10. The minimum absolute atomic E-state index is 0.164. The minimum atomic E-state index is -0.997. The van der Waals surface area contributed by atoms with Gasteiger partial charge in [0.25, 0.3) is 23.6 Å². The van der Waals surface area contributed by atoms with Gasteiger partial charge in [0.15, 0.2) is 11.5 Å². The van der Waals surface area contributed by atoms with Gasteiger partial charge >= 0.3 is 0 Å². The molecule has 0 aromatic heterocycles. The Morgan fingerprint density at radius 3 is 1.95 bits per heavy atom. The number of anilines is 1. The van der Waals surface area contributed by atoms with Gasteiger partial charge in [-0.2, -0.15) is 0 Å². The molecule has 0 spiro atoms. The van der Waals surface area contributed by atoms with Crippen molar-refractivity contribution in [1.29, 1.82) is 0 Å². The molecule has 0 aliphatic rings. The number of carbonyl (C=O) groups excluding carboxylic acids is 4. The third kappa shape index (κ3) is 7.28. The second-order valence-corrected chi connectivity index (χ2v) is 8.94. The topological polar surface area (TPSA) is 144 Å². The van der Waals surface area contributed by atoms with Crippen LogP contribution in [0.1, 0.15) is 44.9 Å². The van der Waals surface area contributed by atoms with Crippen LogP contribution in [0.3, 0.4) is 0 Å². The maximum atomic E-state index is 13.2. The molecule has 0 fully saturated rings. The molecule has 0 bridgehead atoms. The Morgan fingerprint density at radius 2 is 1.32 bits per heavy atom. The van der Waals surface area contributed by atoms with E-state index < -0.39 is 29.7 Å². The van der Waals surface area contributed by atoms with Gasteiger partial charge < -0.3 is 24.8 Å². The monoisotopic (exact) mass is 548 g/mol. The summed E-state index contributed by atoms with van der Waals surface area (Å²) in [6.45, 7) is 3.50. The third-order valence-electron chi connectivity index (χ3n) is 5.95. The molecule has 0 heterocycles. The smallest absolute Gasteiger partial charge is 0.269 e. The van der Waals surface area contributed by atoms with E-state index in [4.69, 9.17) is 14.2 Å². The number of hydrogen-bond donors (Lipinski definition) is 4. The second-order valence-electron chi connectivity index (χ2n) is 8.94. The van der Waals surface area contributed by atoms with Crippen LogP contribution in [0.2, 0.25) is 0 Å². The van der Waals surface area contributed by atoms with E-state index in [1.165, 1.54) is 39.5 Å². The predicted octanol–water partition coefficient (Wildman–Crippen LogP) is 3.18. The lowest BCUT2D eigenvalue weighted by Crippen LogP contribution is -2.54. The van der Waals surface area contributed by atoms with Gasteiger partial charge in [0, 0.05) is 11.1 Å². The molecule has 210 valence electrons. The molecule has 4 amide bonds. The highest BCUT2D eigenvalue weighted by Gasteiger charge is 2.26. The standard InChI is InChI=1S/C29H32N4O7/c1-17(2)25(29(37)33-32-27(35)19-12-15-23(39-4)24(16-19)40-5)31-28(36)21-8-6-7-9-22(21)30-26(34)18-10-13-20(38-3)14-11-18/h6-17,25H,1-5H3,(H,30,34)(H,31,36)(H,32,35)(H,33,37). The highest BCUT2D eigenvalue weighted by atomic mass is 16.5. The van der Waals surface area contributed by atoms with Crippen LogP contribution in [0.4, 0.5) is 5.69 Å². The maximum Gasteiger partial charge on any atom is 0.269 e. The molecule has 1 atom stereocenters. The van der Waals surface area contributed by atoms with E-state index in [2.05, 4.69) is 21.5 Å². The highest BCUT2D eigenvalue weighted by Crippen LogP contribution is 2.27. The summed E-state index contributed by atoms with van der Waals surface area (Å²) in [6, 6.07) is 16.5. The summed E-state index contributed by atoms with van der Waals surface area (Å²) >= 11 is 0. The van der Waals surface area contributed by atoms with Crippen molar-refractivity contribution in [3.63, 3.8) is 0 Å². The fraction of sp³-hybridized carbons (Fsp3) is 0.241. The van der Waals surface area contributed by atoms with Crippen LogP contribution in [0, 0.1) is 5.92 Å². The molecular formula is C29H32N4O7. The minimum Gasteiger partial charge on any atom is -0.497 e. The van der Waals surface area contributed by atoms with Crippen molar-refractivity contribution in [1.82, 2.24) is 16.2 Å². The van der Waals surface area contributed by atoms with Crippen molar-refractivity contribution in [2.45, 2.75) is 19.9 Å². The lowest BCUT2D eigenvalue weighted by molar-refractivity contribution is -0.124. The van der Waals surface area contributed by atoms with Crippen LogP contribution in [0.25, 0.3) is 0 Å². The van der Waals surface area contributed by atoms with E-state index in [0.29, 0.717) is 22.8 Å². The van der Waals surface area contributed by atoms with Gasteiger partial charge in [-0.25, -0.2) is 0 Å². The van der Waals surface area contributed by atoms with Crippen molar-refractivity contribution >= 4 is 29.3 Å². The van der Waals surface area contributed by atoms with E-state index in [0.717, 1.165) is 0 Å². The Kier molecular flexibility index (Phi) is 10.1. The molecule has 11 nitrogen and oxygen atoms in total. The third-order valence-corrected chi connectivity index (χ3v) is 5.95. The number of benzene rings is 3. The summed E-state index contributed by atoms with van der Waals surface area (Å²) in [7, 11) is 4.45. The fourth-order valence-electron chi connectivity index (χ4n) is 3.73. The Morgan fingerprint density at radius 1 is 0.675 bits per heavy atom. The lowest BCUT2D eigenvalue weighted by Gasteiger charge is -2.22. The zero-order chi connectivity index (χ0) is 29.2. The van der Waals surface area contributed by atoms with E-state index in [-0.39, 0.29) is 22.7 Å². The number of hydrazine groups is 1. The van der Waals surface area contributed by atoms with Crippen LogP contribution >= 0.6 is 0 Å². The van der Waals surface area contributed by atoms with Crippen LogP contribution in [-0.4, -0.2) is 51.0 Å². The first kappa shape index (κ1) is 29.5. The molecular weight excluding hydrogens is 516 g/mol. The summed E-state index contributed by atoms with van der Waals surface area (Å²) in [5.41, 5.74) is 5.74. The molecule has 3 rings (SSSR count). The van der Waals surface area contributed by atoms with E-state index >= 15 is 0 Å². The van der Waals surface area contributed by atoms with Gasteiger partial charge in [-0.15, -0.1) is 0 Å². The first-order valence-corrected chi connectivity index (χ1v) is 12.4. The number of hydrogen-bond acceptors (Lipinski definition) is 7. The summed E-state index contributed by atoms with van der Waals surface area (Å²) in [4.78, 5) is 51.5. The molecule has 0 aliphatic heterocycles.